The van der Waals surface area contributed by atoms with Crippen LogP contribution in [0.2, 0.25) is 0 Å². The molecule has 0 unspecified atom stereocenters. The number of rotatable bonds is 5. The normalized spacial score (nSPS) is 10.8. The molecule has 0 atom stereocenters. The van der Waals surface area contributed by atoms with Crippen LogP contribution in [0.4, 0.5) is 10.1 Å². The molecule has 0 saturated heterocycles. The first kappa shape index (κ1) is 17.6. The van der Waals surface area contributed by atoms with Crippen molar-refractivity contribution in [3.63, 3.8) is 0 Å². The fraction of sp³-hybridized carbons (Fsp3) is 0.100. The van der Waals surface area contributed by atoms with Crippen LogP contribution in [-0.4, -0.2) is 25.4 Å². The van der Waals surface area contributed by atoms with Crippen molar-refractivity contribution in [1.29, 1.82) is 0 Å². The van der Waals surface area contributed by atoms with Crippen molar-refractivity contribution >= 4 is 11.6 Å². The maximum Gasteiger partial charge on any atom is 0.244 e. The Morgan fingerprint density at radius 1 is 1.21 bits per heavy atom. The maximum atomic E-state index is 13.9. The quantitative estimate of drug-likeness (QED) is 0.573. The first-order valence-corrected chi connectivity index (χ1v) is 8.53. The van der Waals surface area contributed by atoms with E-state index in [1.807, 2.05) is 0 Å². The molecule has 3 heterocycles. The molecule has 1 aromatic carbocycles. The molecule has 0 bridgehead atoms. The number of anilines is 1. The van der Waals surface area contributed by atoms with E-state index in [0.717, 1.165) is 5.56 Å². The lowest BCUT2D eigenvalue weighted by Crippen LogP contribution is -2.19. The predicted molar refractivity (Wildman–Crippen MR) is 101 cm³/mol. The lowest BCUT2D eigenvalue weighted by atomic mass is 10.2. The third-order valence-electron chi connectivity index (χ3n) is 4.08. The van der Waals surface area contributed by atoms with Crippen LogP contribution in [0, 0.1) is 12.7 Å². The number of carbonyl (C=O) groups excluding carboxylic acids is 1. The van der Waals surface area contributed by atoms with Crippen LogP contribution in [0.1, 0.15) is 5.56 Å². The van der Waals surface area contributed by atoms with E-state index in [-0.39, 0.29) is 18.1 Å². The highest BCUT2D eigenvalue weighted by Gasteiger charge is 2.13. The highest BCUT2D eigenvalue weighted by Crippen LogP contribution is 2.20. The molecule has 4 rings (SSSR count). The van der Waals surface area contributed by atoms with Crippen molar-refractivity contribution in [2.45, 2.75) is 13.5 Å². The van der Waals surface area contributed by atoms with Crippen molar-refractivity contribution < 1.29 is 13.6 Å². The Hall–Kier alpha value is -3.81. The number of furan rings is 1. The standard InChI is InChI=1S/C20H16FN5O2/c1-13-4-5-16(15(21)9-13)25-18(27)12-26-7-6-22-20(26)14-10-23-19(24-11-14)17-3-2-8-28-17/h2-11H,12H2,1H3,(H,25,27). The molecule has 0 aliphatic carbocycles. The average Bonchev–Trinajstić information content (AvgIpc) is 3.36. The molecule has 7 nitrogen and oxygen atoms in total. The van der Waals surface area contributed by atoms with Crippen molar-refractivity contribution in [2.75, 3.05) is 5.32 Å². The zero-order valence-corrected chi connectivity index (χ0v) is 15.0. The van der Waals surface area contributed by atoms with E-state index in [9.17, 15) is 9.18 Å². The largest absolute Gasteiger partial charge is 0.461 e. The molecule has 1 N–H and O–H groups in total. The fourth-order valence-corrected chi connectivity index (χ4v) is 2.74. The number of aryl methyl sites for hydroxylation is 1. The molecule has 0 fully saturated rings. The summed E-state index contributed by atoms with van der Waals surface area (Å²) in [7, 11) is 0. The van der Waals surface area contributed by atoms with Crippen LogP contribution in [0.3, 0.4) is 0 Å². The molecule has 140 valence electrons. The zero-order valence-electron chi connectivity index (χ0n) is 15.0. The Kier molecular flexibility index (Phi) is 4.67. The van der Waals surface area contributed by atoms with Gasteiger partial charge in [0.25, 0.3) is 0 Å². The van der Waals surface area contributed by atoms with Gasteiger partial charge in [-0.05, 0) is 36.8 Å². The minimum atomic E-state index is -0.471. The van der Waals surface area contributed by atoms with Gasteiger partial charge >= 0.3 is 0 Å². The Balaban J connectivity index is 1.50. The second-order valence-electron chi connectivity index (χ2n) is 6.18. The monoisotopic (exact) mass is 377 g/mol. The lowest BCUT2D eigenvalue weighted by molar-refractivity contribution is -0.116. The first-order chi connectivity index (χ1) is 13.6. The number of hydrogen-bond donors (Lipinski definition) is 1. The van der Waals surface area contributed by atoms with E-state index >= 15 is 0 Å². The number of amides is 1. The van der Waals surface area contributed by atoms with Crippen LogP contribution in [0.25, 0.3) is 23.0 Å². The lowest BCUT2D eigenvalue weighted by Gasteiger charge is -2.10. The average molecular weight is 377 g/mol. The van der Waals surface area contributed by atoms with Gasteiger partial charge in [-0.15, -0.1) is 0 Å². The number of benzene rings is 1. The van der Waals surface area contributed by atoms with Gasteiger partial charge in [-0.2, -0.15) is 0 Å². The van der Waals surface area contributed by atoms with E-state index < -0.39 is 5.82 Å². The van der Waals surface area contributed by atoms with Gasteiger partial charge in [0.05, 0.1) is 17.5 Å². The second-order valence-corrected chi connectivity index (χ2v) is 6.18. The molecule has 0 radical (unpaired) electrons. The minimum absolute atomic E-state index is 0.0252. The summed E-state index contributed by atoms with van der Waals surface area (Å²) in [5.41, 5.74) is 1.57. The van der Waals surface area contributed by atoms with Gasteiger partial charge in [0, 0.05) is 24.8 Å². The molecule has 3 aromatic heterocycles. The van der Waals surface area contributed by atoms with Crippen LogP contribution in [0.15, 0.2) is 65.8 Å². The predicted octanol–water partition coefficient (Wildman–Crippen LogP) is 3.69. The van der Waals surface area contributed by atoms with Gasteiger partial charge in [-0.1, -0.05) is 6.07 Å². The molecule has 0 aliphatic rings. The summed E-state index contributed by atoms with van der Waals surface area (Å²) in [6.07, 6.45) is 8.02. The highest BCUT2D eigenvalue weighted by atomic mass is 19.1. The van der Waals surface area contributed by atoms with Gasteiger partial charge in [0.15, 0.2) is 11.6 Å². The Labute approximate surface area is 159 Å². The second kappa shape index (κ2) is 7.43. The third kappa shape index (κ3) is 3.66. The van der Waals surface area contributed by atoms with E-state index in [2.05, 4.69) is 20.3 Å². The molecular weight excluding hydrogens is 361 g/mol. The van der Waals surface area contributed by atoms with Gasteiger partial charge in [0.2, 0.25) is 5.91 Å². The number of nitrogens with zero attached hydrogens (tertiary/aromatic N) is 4. The van der Waals surface area contributed by atoms with Gasteiger partial charge in [0.1, 0.15) is 18.2 Å². The number of imidazole rings is 1. The number of nitrogens with one attached hydrogen (secondary N) is 1. The molecule has 0 saturated carbocycles. The Morgan fingerprint density at radius 3 is 2.75 bits per heavy atom. The summed E-state index contributed by atoms with van der Waals surface area (Å²) in [6, 6.07) is 8.17. The van der Waals surface area contributed by atoms with Crippen molar-refractivity contribution in [1.82, 2.24) is 19.5 Å². The van der Waals surface area contributed by atoms with Crippen LogP contribution < -0.4 is 5.32 Å². The summed E-state index contributed by atoms with van der Waals surface area (Å²) in [5, 5.41) is 2.58. The van der Waals surface area contributed by atoms with E-state index in [0.29, 0.717) is 23.0 Å². The van der Waals surface area contributed by atoms with Crippen LogP contribution >= 0.6 is 0 Å². The zero-order chi connectivity index (χ0) is 19.5. The topological polar surface area (TPSA) is 85.8 Å². The van der Waals surface area contributed by atoms with Crippen LogP contribution in [-0.2, 0) is 11.3 Å². The molecular formula is C20H16FN5O2. The molecule has 28 heavy (non-hydrogen) atoms. The molecule has 8 heteroatoms. The Morgan fingerprint density at radius 2 is 2.04 bits per heavy atom. The van der Waals surface area contributed by atoms with Crippen LogP contribution in [0.5, 0.6) is 0 Å². The van der Waals surface area contributed by atoms with E-state index in [4.69, 9.17) is 4.42 Å². The van der Waals surface area contributed by atoms with Gasteiger partial charge in [-0.25, -0.2) is 19.3 Å². The highest BCUT2D eigenvalue weighted by molar-refractivity contribution is 5.91. The molecule has 0 aliphatic heterocycles. The maximum absolute atomic E-state index is 13.9. The van der Waals surface area contributed by atoms with E-state index in [1.54, 1.807) is 66.8 Å². The van der Waals surface area contributed by atoms with Crippen molar-refractivity contribution in [3.8, 4) is 23.0 Å². The minimum Gasteiger partial charge on any atom is -0.461 e. The summed E-state index contributed by atoms with van der Waals surface area (Å²) in [4.78, 5) is 25.2. The summed E-state index contributed by atoms with van der Waals surface area (Å²) < 4.78 is 20.8. The number of aromatic nitrogens is 4. The fourth-order valence-electron chi connectivity index (χ4n) is 2.74. The van der Waals surface area contributed by atoms with Gasteiger partial charge in [-0.3, -0.25) is 4.79 Å². The van der Waals surface area contributed by atoms with Gasteiger partial charge < -0.3 is 14.3 Å². The molecule has 4 aromatic rings. The number of hydrogen-bond acceptors (Lipinski definition) is 5. The summed E-state index contributed by atoms with van der Waals surface area (Å²) in [5.74, 6) is 0.718. The summed E-state index contributed by atoms with van der Waals surface area (Å²) in [6.45, 7) is 1.76. The van der Waals surface area contributed by atoms with Crippen molar-refractivity contribution in [2.24, 2.45) is 0 Å². The first-order valence-electron chi connectivity index (χ1n) is 8.53. The van der Waals surface area contributed by atoms with Crippen molar-refractivity contribution in [3.05, 3.63) is 72.8 Å². The third-order valence-corrected chi connectivity index (χ3v) is 4.08. The molecule has 0 spiro atoms. The number of carbonyl (C=O) groups is 1. The SMILES string of the molecule is Cc1ccc(NC(=O)Cn2ccnc2-c2cnc(-c3ccco3)nc2)c(F)c1. The smallest absolute Gasteiger partial charge is 0.244 e. The summed E-state index contributed by atoms with van der Waals surface area (Å²) >= 11 is 0. The Bertz CT molecular complexity index is 1100. The molecule has 1 amide bonds. The number of halogens is 1. The van der Waals surface area contributed by atoms with E-state index in [1.165, 1.54) is 6.07 Å².